The molecule has 0 bridgehead atoms. The van der Waals surface area contributed by atoms with Crippen LogP contribution in [0.25, 0.3) is 0 Å². The fourth-order valence-electron chi connectivity index (χ4n) is 1.90. The van der Waals surface area contributed by atoms with Gasteiger partial charge in [-0.3, -0.25) is 20.4 Å². The van der Waals surface area contributed by atoms with Gasteiger partial charge >= 0.3 is 0 Å². The summed E-state index contributed by atoms with van der Waals surface area (Å²) in [6.45, 7) is 3.52. The standard InChI is InChI=1S/C18H18Br2N2O4/c1-11-3-5-14(7-12(11)2)25-9-17(23)21-22-18(24)10-26-16-6-4-13(19)8-15(16)20/h3-8H,9-10H2,1-2H3,(H,21,23)(H,22,24). The van der Waals surface area contributed by atoms with E-state index in [-0.39, 0.29) is 13.2 Å². The van der Waals surface area contributed by atoms with Crippen LogP contribution < -0.4 is 20.3 Å². The summed E-state index contributed by atoms with van der Waals surface area (Å²) < 4.78 is 12.4. The second kappa shape index (κ2) is 9.59. The number of carbonyl (C=O) groups is 2. The summed E-state index contributed by atoms with van der Waals surface area (Å²) in [4.78, 5) is 23.5. The van der Waals surface area contributed by atoms with Gasteiger partial charge in [0, 0.05) is 4.47 Å². The summed E-state index contributed by atoms with van der Waals surface area (Å²) in [5, 5.41) is 0. The van der Waals surface area contributed by atoms with Crippen molar-refractivity contribution in [2.24, 2.45) is 0 Å². The number of halogens is 2. The zero-order chi connectivity index (χ0) is 19.1. The van der Waals surface area contributed by atoms with Crippen molar-refractivity contribution in [2.75, 3.05) is 13.2 Å². The Morgan fingerprint density at radius 3 is 2.15 bits per heavy atom. The number of aryl methyl sites for hydroxylation is 2. The molecule has 0 aliphatic carbocycles. The SMILES string of the molecule is Cc1ccc(OCC(=O)NNC(=O)COc2ccc(Br)cc2Br)cc1C. The van der Waals surface area contributed by atoms with E-state index in [4.69, 9.17) is 9.47 Å². The second-order valence-corrected chi connectivity index (χ2v) is 7.26. The lowest BCUT2D eigenvalue weighted by molar-refractivity contribution is -0.131. The van der Waals surface area contributed by atoms with Gasteiger partial charge in [-0.2, -0.15) is 0 Å². The molecule has 0 aliphatic rings. The highest BCUT2D eigenvalue weighted by molar-refractivity contribution is 9.11. The van der Waals surface area contributed by atoms with Gasteiger partial charge in [-0.05, 0) is 71.2 Å². The minimum Gasteiger partial charge on any atom is -0.484 e. The smallest absolute Gasteiger partial charge is 0.276 e. The van der Waals surface area contributed by atoms with E-state index >= 15 is 0 Å². The second-order valence-electron chi connectivity index (χ2n) is 5.49. The Labute approximate surface area is 168 Å². The fraction of sp³-hybridized carbons (Fsp3) is 0.222. The molecule has 0 heterocycles. The summed E-state index contributed by atoms with van der Waals surface area (Å²) in [5.41, 5.74) is 6.77. The van der Waals surface area contributed by atoms with Crippen LogP contribution in [0.15, 0.2) is 45.3 Å². The molecular formula is C18H18Br2N2O4. The van der Waals surface area contributed by atoms with Crippen LogP contribution in [-0.4, -0.2) is 25.0 Å². The van der Waals surface area contributed by atoms with Crippen LogP contribution in [0.1, 0.15) is 11.1 Å². The molecular weight excluding hydrogens is 468 g/mol. The molecule has 0 saturated heterocycles. The first-order valence-corrected chi connectivity index (χ1v) is 9.29. The number of hydrogen-bond acceptors (Lipinski definition) is 4. The molecule has 26 heavy (non-hydrogen) atoms. The van der Waals surface area contributed by atoms with Crippen molar-refractivity contribution >= 4 is 43.7 Å². The Morgan fingerprint density at radius 1 is 0.885 bits per heavy atom. The number of hydrazine groups is 1. The first-order valence-electron chi connectivity index (χ1n) is 7.70. The molecule has 8 heteroatoms. The van der Waals surface area contributed by atoms with Gasteiger partial charge in [-0.25, -0.2) is 0 Å². The molecule has 0 aliphatic heterocycles. The normalized spacial score (nSPS) is 10.2. The molecule has 0 aromatic heterocycles. The molecule has 0 atom stereocenters. The number of rotatable bonds is 6. The molecule has 2 aromatic rings. The summed E-state index contributed by atoms with van der Waals surface area (Å²) in [6.07, 6.45) is 0. The largest absolute Gasteiger partial charge is 0.484 e. The molecule has 0 unspecified atom stereocenters. The highest BCUT2D eigenvalue weighted by Gasteiger charge is 2.08. The fourth-order valence-corrected chi connectivity index (χ4v) is 3.06. The van der Waals surface area contributed by atoms with Crippen LogP contribution in [0.5, 0.6) is 11.5 Å². The lowest BCUT2D eigenvalue weighted by atomic mass is 10.1. The maximum atomic E-state index is 11.7. The van der Waals surface area contributed by atoms with Crippen LogP contribution >= 0.6 is 31.9 Å². The van der Waals surface area contributed by atoms with Gasteiger partial charge in [0.05, 0.1) is 4.47 Å². The van der Waals surface area contributed by atoms with Crippen molar-refractivity contribution in [3.05, 3.63) is 56.5 Å². The number of benzene rings is 2. The van der Waals surface area contributed by atoms with Crippen molar-refractivity contribution < 1.29 is 19.1 Å². The molecule has 2 amide bonds. The predicted molar refractivity (Wildman–Crippen MR) is 105 cm³/mol. The van der Waals surface area contributed by atoms with Crippen LogP contribution in [0.3, 0.4) is 0 Å². The third-order valence-electron chi connectivity index (χ3n) is 3.44. The van der Waals surface area contributed by atoms with E-state index in [2.05, 4.69) is 42.7 Å². The minimum atomic E-state index is -0.487. The van der Waals surface area contributed by atoms with Gasteiger partial charge in [-0.1, -0.05) is 22.0 Å². The van der Waals surface area contributed by atoms with E-state index in [9.17, 15) is 9.59 Å². The lowest BCUT2D eigenvalue weighted by Crippen LogP contribution is -2.45. The third-order valence-corrected chi connectivity index (χ3v) is 4.56. The molecule has 2 aromatic carbocycles. The van der Waals surface area contributed by atoms with Gasteiger partial charge in [-0.15, -0.1) is 0 Å². The van der Waals surface area contributed by atoms with E-state index in [0.29, 0.717) is 16.0 Å². The first kappa shape index (κ1) is 20.3. The highest BCUT2D eigenvalue weighted by Crippen LogP contribution is 2.28. The molecule has 0 fully saturated rings. The van der Waals surface area contributed by atoms with E-state index in [1.807, 2.05) is 26.0 Å². The number of carbonyl (C=O) groups excluding carboxylic acids is 2. The highest BCUT2D eigenvalue weighted by atomic mass is 79.9. The lowest BCUT2D eigenvalue weighted by Gasteiger charge is -2.11. The van der Waals surface area contributed by atoms with Crippen molar-refractivity contribution in [3.8, 4) is 11.5 Å². The number of ether oxygens (including phenoxy) is 2. The van der Waals surface area contributed by atoms with Crippen LogP contribution in [-0.2, 0) is 9.59 Å². The molecule has 0 spiro atoms. The monoisotopic (exact) mass is 484 g/mol. The van der Waals surface area contributed by atoms with Gasteiger partial charge in [0.15, 0.2) is 13.2 Å². The molecule has 0 radical (unpaired) electrons. The van der Waals surface area contributed by atoms with Gasteiger partial charge in [0.2, 0.25) is 0 Å². The average molecular weight is 486 g/mol. The Hall–Kier alpha value is -2.06. The number of hydrogen-bond donors (Lipinski definition) is 2. The van der Waals surface area contributed by atoms with E-state index in [1.54, 1.807) is 24.3 Å². The first-order chi connectivity index (χ1) is 12.3. The summed E-state index contributed by atoms with van der Waals surface area (Å²) >= 11 is 6.67. The summed E-state index contributed by atoms with van der Waals surface area (Å²) in [6, 6.07) is 10.9. The Balaban J connectivity index is 1.71. The quantitative estimate of drug-likeness (QED) is 0.614. The number of nitrogens with one attached hydrogen (secondary N) is 2. The van der Waals surface area contributed by atoms with E-state index in [0.717, 1.165) is 15.6 Å². The van der Waals surface area contributed by atoms with Crippen LogP contribution in [0.2, 0.25) is 0 Å². The van der Waals surface area contributed by atoms with Crippen molar-refractivity contribution in [1.29, 1.82) is 0 Å². The van der Waals surface area contributed by atoms with Crippen molar-refractivity contribution in [1.82, 2.24) is 10.9 Å². The zero-order valence-corrected chi connectivity index (χ0v) is 17.4. The average Bonchev–Trinajstić information content (AvgIpc) is 2.60. The molecule has 6 nitrogen and oxygen atoms in total. The maximum absolute atomic E-state index is 11.7. The van der Waals surface area contributed by atoms with Crippen molar-refractivity contribution in [2.45, 2.75) is 13.8 Å². The van der Waals surface area contributed by atoms with Gasteiger partial charge < -0.3 is 9.47 Å². The summed E-state index contributed by atoms with van der Waals surface area (Å²) in [5.74, 6) is 0.159. The Morgan fingerprint density at radius 2 is 1.54 bits per heavy atom. The molecule has 2 rings (SSSR count). The van der Waals surface area contributed by atoms with E-state index < -0.39 is 11.8 Å². The molecule has 138 valence electrons. The maximum Gasteiger partial charge on any atom is 0.276 e. The van der Waals surface area contributed by atoms with Gasteiger partial charge in [0.25, 0.3) is 11.8 Å². The van der Waals surface area contributed by atoms with Crippen LogP contribution in [0.4, 0.5) is 0 Å². The summed E-state index contributed by atoms with van der Waals surface area (Å²) in [7, 11) is 0. The van der Waals surface area contributed by atoms with Gasteiger partial charge in [0.1, 0.15) is 11.5 Å². The Kier molecular flexibility index (Phi) is 7.47. The topological polar surface area (TPSA) is 76.7 Å². The number of amides is 2. The third kappa shape index (κ3) is 6.34. The molecule has 0 saturated carbocycles. The van der Waals surface area contributed by atoms with Crippen LogP contribution in [0, 0.1) is 13.8 Å². The molecule has 2 N–H and O–H groups in total. The van der Waals surface area contributed by atoms with E-state index in [1.165, 1.54) is 0 Å². The van der Waals surface area contributed by atoms with Crippen molar-refractivity contribution in [3.63, 3.8) is 0 Å². The minimum absolute atomic E-state index is 0.206. The zero-order valence-electron chi connectivity index (χ0n) is 14.3. The predicted octanol–water partition coefficient (Wildman–Crippen LogP) is 3.43. The Bertz CT molecular complexity index is 812.